The summed E-state index contributed by atoms with van der Waals surface area (Å²) in [6, 6.07) is 0. The van der Waals surface area contributed by atoms with Crippen molar-refractivity contribution in [1.82, 2.24) is 0 Å². The number of hydrogen-bond donors (Lipinski definition) is 3. The zero-order valence-corrected chi connectivity index (χ0v) is 10.8. The minimum atomic E-state index is -1.08. The summed E-state index contributed by atoms with van der Waals surface area (Å²) in [6.07, 6.45) is -0.331. The van der Waals surface area contributed by atoms with Crippen molar-refractivity contribution in [1.29, 1.82) is 0 Å². The van der Waals surface area contributed by atoms with Crippen molar-refractivity contribution in [3.05, 3.63) is 0 Å². The monoisotopic (exact) mass is 266 g/mol. The van der Waals surface area contributed by atoms with Crippen LogP contribution in [0.25, 0.3) is 0 Å². The van der Waals surface area contributed by atoms with E-state index >= 15 is 0 Å². The molecule has 7 nitrogen and oxygen atoms in total. The molecule has 108 valence electrons. The Balaban J connectivity index is 0. The molecule has 0 atom stereocenters. The van der Waals surface area contributed by atoms with Gasteiger partial charge in [-0.05, 0) is 13.8 Å². The van der Waals surface area contributed by atoms with Gasteiger partial charge in [0.25, 0.3) is 0 Å². The number of aliphatic hydroxyl groups is 1. The molecule has 0 aliphatic heterocycles. The highest BCUT2D eigenvalue weighted by Crippen LogP contribution is 1.86. The molecule has 3 N–H and O–H groups in total. The summed E-state index contributed by atoms with van der Waals surface area (Å²) in [5.41, 5.74) is 0. The Kier molecular flexibility index (Phi) is 14.8. The van der Waals surface area contributed by atoms with E-state index in [1.54, 1.807) is 0 Å². The number of carboxylic acid groups (broad SMARTS) is 2. The molecule has 0 aromatic heterocycles. The van der Waals surface area contributed by atoms with Crippen molar-refractivity contribution in [3.63, 3.8) is 0 Å². The maximum Gasteiger partial charge on any atom is 0.303 e. The van der Waals surface area contributed by atoms with Crippen molar-refractivity contribution in [2.75, 3.05) is 26.4 Å². The van der Waals surface area contributed by atoms with Gasteiger partial charge in [-0.1, -0.05) is 0 Å². The third kappa shape index (κ3) is 24.2. The predicted molar refractivity (Wildman–Crippen MR) is 63.5 cm³/mol. The highest BCUT2D eigenvalue weighted by Gasteiger charge is 2.00. The molecule has 0 saturated carbocycles. The lowest BCUT2D eigenvalue weighted by Gasteiger charge is -2.06. The average molecular weight is 266 g/mol. The van der Waals surface area contributed by atoms with Crippen LogP contribution in [0.4, 0.5) is 0 Å². The third-order valence-corrected chi connectivity index (χ3v) is 1.47. The summed E-state index contributed by atoms with van der Waals surface area (Å²) in [5.74, 6) is -2.15. The Morgan fingerprint density at radius 1 is 1.00 bits per heavy atom. The summed E-state index contributed by atoms with van der Waals surface area (Å²) in [4.78, 5) is 19.3. The SMILES string of the molecule is CC(C)OCCOCCO.O=C(O)CCC(=O)O. The quantitative estimate of drug-likeness (QED) is 0.516. The van der Waals surface area contributed by atoms with Crippen molar-refractivity contribution >= 4 is 11.9 Å². The summed E-state index contributed by atoms with van der Waals surface area (Å²) in [6.45, 7) is 5.62. The molecule has 0 bridgehead atoms. The van der Waals surface area contributed by atoms with Crippen LogP contribution in [0.15, 0.2) is 0 Å². The van der Waals surface area contributed by atoms with Crippen LogP contribution in [0.5, 0.6) is 0 Å². The maximum atomic E-state index is 9.64. The molecule has 18 heavy (non-hydrogen) atoms. The smallest absolute Gasteiger partial charge is 0.303 e. The highest BCUT2D eigenvalue weighted by atomic mass is 16.5. The van der Waals surface area contributed by atoms with Gasteiger partial charge in [-0.2, -0.15) is 0 Å². The molecule has 0 rings (SSSR count). The number of carboxylic acids is 2. The summed E-state index contributed by atoms with van der Waals surface area (Å²) in [7, 11) is 0. The number of rotatable bonds is 9. The largest absolute Gasteiger partial charge is 0.481 e. The van der Waals surface area contributed by atoms with Crippen molar-refractivity contribution in [3.8, 4) is 0 Å². The third-order valence-electron chi connectivity index (χ3n) is 1.47. The molecule has 0 aliphatic rings. The van der Waals surface area contributed by atoms with Crippen molar-refractivity contribution in [2.24, 2.45) is 0 Å². The number of carbonyl (C=O) groups is 2. The van der Waals surface area contributed by atoms with Crippen LogP contribution < -0.4 is 0 Å². The van der Waals surface area contributed by atoms with Crippen LogP contribution in [0.3, 0.4) is 0 Å². The van der Waals surface area contributed by atoms with Crippen LogP contribution in [-0.4, -0.2) is 59.8 Å². The lowest BCUT2D eigenvalue weighted by atomic mass is 10.3. The number of aliphatic carboxylic acids is 2. The van der Waals surface area contributed by atoms with Gasteiger partial charge in [0.1, 0.15) is 0 Å². The Labute approximate surface area is 106 Å². The molecular weight excluding hydrogens is 244 g/mol. The summed E-state index contributed by atoms with van der Waals surface area (Å²) in [5, 5.41) is 24.1. The van der Waals surface area contributed by atoms with Crippen LogP contribution in [0.1, 0.15) is 26.7 Å². The molecule has 0 aromatic rings. The lowest BCUT2D eigenvalue weighted by Crippen LogP contribution is -2.10. The molecule has 0 unspecified atom stereocenters. The fourth-order valence-corrected chi connectivity index (χ4v) is 0.723. The minimum Gasteiger partial charge on any atom is -0.481 e. The second-order valence-corrected chi connectivity index (χ2v) is 3.54. The van der Waals surface area contributed by atoms with Gasteiger partial charge in [0, 0.05) is 0 Å². The fourth-order valence-electron chi connectivity index (χ4n) is 0.723. The van der Waals surface area contributed by atoms with Crippen LogP contribution in [-0.2, 0) is 19.1 Å². The zero-order chi connectivity index (χ0) is 14.4. The molecule has 0 saturated heterocycles. The molecule has 0 aliphatic carbocycles. The molecule has 0 fully saturated rings. The minimum absolute atomic E-state index is 0.0850. The topological polar surface area (TPSA) is 113 Å². The van der Waals surface area contributed by atoms with Crippen molar-refractivity contribution in [2.45, 2.75) is 32.8 Å². The summed E-state index contributed by atoms with van der Waals surface area (Å²) >= 11 is 0. The van der Waals surface area contributed by atoms with Gasteiger partial charge in [-0.25, -0.2) is 0 Å². The second kappa shape index (κ2) is 13.9. The molecule has 7 heteroatoms. The lowest BCUT2D eigenvalue weighted by molar-refractivity contribution is -0.143. The summed E-state index contributed by atoms with van der Waals surface area (Å²) < 4.78 is 10.1. The Hall–Kier alpha value is -1.18. The Morgan fingerprint density at radius 3 is 1.83 bits per heavy atom. The molecule has 0 amide bonds. The second-order valence-electron chi connectivity index (χ2n) is 3.54. The van der Waals surface area contributed by atoms with Crippen LogP contribution in [0, 0.1) is 0 Å². The van der Waals surface area contributed by atoms with E-state index in [1.165, 1.54) is 0 Å². The zero-order valence-electron chi connectivity index (χ0n) is 10.8. The first-order chi connectivity index (χ1) is 8.40. The Bertz CT molecular complexity index is 201. The van der Waals surface area contributed by atoms with E-state index in [0.717, 1.165) is 0 Å². The highest BCUT2D eigenvalue weighted by molar-refractivity contribution is 5.75. The van der Waals surface area contributed by atoms with Crippen LogP contribution in [0.2, 0.25) is 0 Å². The predicted octanol–water partition coefficient (Wildman–Crippen LogP) is 0.356. The Morgan fingerprint density at radius 2 is 1.50 bits per heavy atom. The van der Waals surface area contributed by atoms with Gasteiger partial charge < -0.3 is 24.8 Å². The van der Waals surface area contributed by atoms with Crippen molar-refractivity contribution < 1.29 is 34.4 Å². The molecule has 0 spiro atoms. The van der Waals surface area contributed by atoms with Crippen LogP contribution >= 0.6 is 0 Å². The number of hydrogen-bond acceptors (Lipinski definition) is 5. The normalized spacial score (nSPS) is 9.78. The number of ether oxygens (including phenoxy) is 2. The standard InChI is InChI=1S/C7H16O3.C4H6O4/c1-7(2)10-6-5-9-4-3-8;5-3(6)1-2-4(7)8/h7-8H,3-6H2,1-2H3;1-2H2,(H,5,6)(H,7,8). The number of aliphatic hydroxyl groups excluding tert-OH is 1. The molecule has 0 heterocycles. The van der Waals surface area contributed by atoms with E-state index < -0.39 is 11.9 Å². The van der Waals surface area contributed by atoms with E-state index in [4.69, 9.17) is 24.8 Å². The molecule has 0 aromatic carbocycles. The van der Waals surface area contributed by atoms with E-state index in [2.05, 4.69) is 0 Å². The molecule has 0 radical (unpaired) electrons. The van der Waals surface area contributed by atoms with Gasteiger partial charge in [0.2, 0.25) is 0 Å². The average Bonchev–Trinajstić information content (AvgIpc) is 2.26. The van der Waals surface area contributed by atoms with E-state index in [9.17, 15) is 9.59 Å². The molecular formula is C11H22O7. The van der Waals surface area contributed by atoms with E-state index in [1.807, 2.05) is 13.8 Å². The van der Waals surface area contributed by atoms with Gasteiger partial charge in [-0.3, -0.25) is 9.59 Å². The fraction of sp³-hybridized carbons (Fsp3) is 0.818. The maximum absolute atomic E-state index is 9.64. The van der Waals surface area contributed by atoms with Gasteiger partial charge in [0.15, 0.2) is 0 Å². The van der Waals surface area contributed by atoms with Gasteiger partial charge in [0.05, 0.1) is 45.4 Å². The van der Waals surface area contributed by atoms with E-state index in [0.29, 0.717) is 19.8 Å². The van der Waals surface area contributed by atoms with Gasteiger partial charge >= 0.3 is 11.9 Å². The van der Waals surface area contributed by atoms with E-state index in [-0.39, 0.29) is 25.6 Å². The first kappa shape index (κ1) is 19.2. The first-order valence-corrected chi connectivity index (χ1v) is 5.64. The first-order valence-electron chi connectivity index (χ1n) is 5.64. The van der Waals surface area contributed by atoms with Gasteiger partial charge in [-0.15, -0.1) is 0 Å².